The van der Waals surface area contributed by atoms with Crippen LogP contribution in [0.4, 0.5) is 0 Å². The number of aliphatic imine (C=N–C) groups is 1. The van der Waals surface area contributed by atoms with E-state index in [0.29, 0.717) is 18.5 Å². The Labute approximate surface area is 160 Å². The Bertz CT molecular complexity index is 683. The van der Waals surface area contributed by atoms with Gasteiger partial charge in [-0.1, -0.05) is 25.1 Å². The fourth-order valence-corrected chi connectivity index (χ4v) is 3.28. The first-order valence-electron chi connectivity index (χ1n) is 8.38. The van der Waals surface area contributed by atoms with Gasteiger partial charge in [-0.05, 0) is 43.6 Å². The van der Waals surface area contributed by atoms with Crippen LogP contribution >= 0.6 is 24.0 Å². The third-order valence-electron chi connectivity index (χ3n) is 4.58. The minimum Gasteiger partial charge on any atom is -0.370 e. The first-order valence-corrected chi connectivity index (χ1v) is 8.38. The van der Waals surface area contributed by atoms with Crippen molar-refractivity contribution in [2.75, 3.05) is 19.6 Å². The van der Waals surface area contributed by atoms with Crippen molar-refractivity contribution in [3.63, 3.8) is 0 Å². The summed E-state index contributed by atoms with van der Waals surface area (Å²) in [5.74, 6) is 0.522. The second-order valence-corrected chi connectivity index (χ2v) is 5.99. The molecule has 0 amide bonds. The number of likely N-dealkylation sites (tertiary alicyclic amines) is 1. The Kier molecular flexibility index (Phi) is 7.23. The van der Waals surface area contributed by atoms with Crippen molar-refractivity contribution in [1.82, 2.24) is 15.2 Å². The number of guanidine groups is 1. The zero-order valence-corrected chi connectivity index (χ0v) is 16.4. The number of hydrogen-bond acceptors (Lipinski definition) is 3. The minimum absolute atomic E-state index is 0. The topological polar surface area (TPSA) is 66.5 Å². The van der Waals surface area contributed by atoms with Crippen molar-refractivity contribution in [1.29, 1.82) is 0 Å². The minimum atomic E-state index is 0. The average Bonchev–Trinajstić information content (AvgIpc) is 3.05. The Hall–Kier alpha value is -1.41. The van der Waals surface area contributed by atoms with E-state index in [0.717, 1.165) is 29.6 Å². The lowest BCUT2D eigenvalue weighted by atomic mass is 10.1. The molecule has 3 rings (SSSR count). The summed E-state index contributed by atoms with van der Waals surface area (Å²) in [6.07, 6.45) is 4.35. The van der Waals surface area contributed by atoms with Gasteiger partial charge >= 0.3 is 0 Å². The molecular weight excluding hydrogens is 413 g/mol. The summed E-state index contributed by atoms with van der Waals surface area (Å²) in [5, 5.41) is 4.42. The quantitative estimate of drug-likeness (QED) is 0.427. The van der Waals surface area contributed by atoms with Gasteiger partial charge in [-0.3, -0.25) is 9.88 Å². The number of hydrogen-bond donors (Lipinski definition) is 2. The number of para-hydroxylation sites is 1. The predicted octanol–water partition coefficient (Wildman–Crippen LogP) is 2.74. The second kappa shape index (κ2) is 9.17. The van der Waals surface area contributed by atoms with Gasteiger partial charge < -0.3 is 11.1 Å². The molecule has 130 valence electrons. The number of nitrogens with one attached hydrogen (secondary N) is 1. The number of rotatable bonds is 5. The number of nitrogens with zero attached hydrogens (tertiary/aromatic N) is 3. The second-order valence-electron chi connectivity index (χ2n) is 5.99. The summed E-state index contributed by atoms with van der Waals surface area (Å²) in [6.45, 7) is 5.96. The number of fused-ring (bicyclic) bond motifs is 1. The van der Waals surface area contributed by atoms with Crippen LogP contribution in [-0.4, -0.2) is 41.5 Å². The van der Waals surface area contributed by atoms with Crippen LogP contribution in [0.2, 0.25) is 0 Å². The Morgan fingerprint density at radius 1 is 1.38 bits per heavy atom. The van der Waals surface area contributed by atoms with E-state index in [9.17, 15) is 0 Å². The van der Waals surface area contributed by atoms with E-state index in [1.165, 1.54) is 19.4 Å². The van der Waals surface area contributed by atoms with Crippen LogP contribution < -0.4 is 11.1 Å². The van der Waals surface area contributed by atoms with Crippen molar-refractivity contribution in [2.24, 2.45) is 10.7 Å². The van der Waals surface area contributed by atoms with Crippen LogP contribution in [0.1, 0.15) is 25.3 Å². The zero-order chi connectivity index (χ0) is 16.1. The molecule has 0 spiro atoms. The van der Waals surface area contributed by atoms with Gasteiger partial charge in [0.2, 0.25) is 0 Å². The van der Waals surface area contributed by atoms with E-state index < -0.39 is 0 Å². The van der Waals surface area contributed by atoms with Crippen molar-refractivity contribution in [3.8, 4) is 0 Å². The first kappa shape index (κ1) is 18.9. The highest BCUT2D eigenvalue weighted by Crippen LogP contribution is 2.17. The summed E-state index contributed by atoms with van der Waals surface area (Å²) in [5.41, 5.74) is 8.18. The molecule has 2 heterocycles. The lowest BCUT2D eigenvalue weighted by Crippen LogP contribution is -2.42. The molecule has 1 aromatic carbocycles. The molecule has 1 fully saturated rings. The van der Waals surface area contributed by atoms with Crippen molar-refractivity contribution in [3.05, 3.63) is 42.1 Å². The van der Waals surface area contributed by atoms with Gasteiger partial charge in [0.25, 0.3) is 0 Å². The highest BCUT2D eigenvalue weighted by molar-refractivity contribution is 14.0. The summed E-state index contributed by atoms with van der Waals surface area (Å²) >= 11 is 0. The maximum atomic E-state index is 6.04. The average molecular weight is 439 g/mol. The largest absolute Gasteiger partial charge is 0.370 e. The predicted molar refractivity (Wildman–Crippen MR) is 111 cm³/mol. The van der Waals surface area contributed by atoms with E-state index in [1.807, 2.05) is 30.5 Å². The molecule has 1 aliphatic heterocycles. The Morgan fingerprint density at radius 2 is 2.21 bits per heavy atom. The molecule has 0 bridgehead atoms. The molecule has 6 heteroatoms. The van der Waals surface area contributed by atoms with Crippen molar-refractivity contribution in [2.45, 2.75) is 32.4 Å². The standard InChI is InChI=1S/C18H25N5.HI/c1-2-23-11-5-6-15(23)13-22-18(19)21-12-14-9-10-20-17-8-4-3-7-16(14)17;/h3-4,7-10,15H,2,5-6,11-13H2,1H3,(H3,19,21,22);1H. The normalized spacial score (nSPS) is 18.5. The fraction of sp³-hybridized carbons (Fsp3) is 0.444. The van der Waals surface area contributed by atoms with Crippen LogP contribution in [0.3, 0.4) is 0 Å². The molecule has 0 saturated carbocycles. The summed E-state index contributed by atoms with van der Waals surface area (Å²) in [7, 11) is 0. The number of nitrogens with two attached hydrogens (primary N) is 1. The zero-order valence-electron chi connectivity index (χ0n) is 14.1. The number of likely N-dealkylation sites (N-methyl/N-ethyl adjacent to an activating group) is 1. The number of halogens is 1. The first-order chi connectivity index (χ1) is 11.3. The number of benzene rings is 1. The lowest BCUT2D eigenvalue weighted by molar-refractivity contribution is 0.267. The fourth-order valence-electron chi connectivity index (χ4n) is 3.28. The van der Waals surface area contributed by atoms with Gasteiger partial charge in [0.05, 0.1) is 12.1 Å². The van der Waals surface area contributed by atoms with Crippen LogP contribution in [0.25, 0.3) is 10.9 Å². The summed E-state index contributed by atoms with van der Waals surface area (Å²) in [6, 6.07) is 10.7. The summed E-state index contributed by atoms with van der Waals surface area (Å²) < 4.78 is 0. The molecule has 2 aromatic rings. The van der Waals surface area contributed by atoms with E-state index in [2.05, 4.69) is 33.2 Å². The molecular formula is C18H26IN5. The highest BCUT2D eigenvalue weighted by Gasteiger charge is 2.22. The van der Waals surface area contributed by atoms with E-state index >= 15 is 0 Å². The van der Waals surface area contributed by atoms with E-state index in [1.54, 1.807) is 0 Å². The number of pyridine rings is 1. The monoisotopic (exact) mass is 439 g/mol. The number of aromatic nitrogens is 1. The smallest absolute Gasteiger partial charge is 0.188 e. The van der Waals surface area contributed by atoms with Gasteiger partial charge in [-0.2, -0.15) is 0 Å². The van der Waals surface area contributed by atoms with Crippen LogP contribution in [0.15, 0.2) is 41.5 Å². The molecule has 1 atom stereocenters. The molecule has 0 radical (unpaired) electrons. The van der Waals surface area contributed by atoms with Crippen LogP contribution in [0.5, 0.6) is 0 Å². The van der Waals surface area contributed by atoms with Gasteiger partial charge in [-0.25, -0.2) is 4.99 Å². The molecule has 1 unspecified atom stereocenters. The highest BCUT2D eigenvalue weighted by atomic mass is 127. The molecule has 1 aliphatic rings. The van der Waals surface area contributed by atoms with Gasteiger partial charge in [0.1, 0.15) is 0 Å². The van der Waals surface area contributed by atoms with Crippen molar-refractivity contribution >= 4 is 40.8 Å². The third-order valence-corrected chi connectivity index (χ3v) is 4.58. The van der Waals surface area contributed by atoms with Crippen molar-refractivity contribution < 1.29 is 0 Å². The molecule has 1 saturated heterocycles. The summed E-state index contributed by atoms with van der Waals surface area (Å²) in [4.78, 5) is 11.4. The maximum absolute atomic E-state index is 6.04. The molecule has 24 heavy (non-hydrogen) atoms. The van der Waals surface area contributed by atoms with Gasteiger partial charge in [-0.15, -0.1) is 24.0 Å². The molecule has 1 aromatic heterocycles. The Morgan fingerprint density at radius 3 is 3.04 bits per heavy atom. The van der Waals surface area contributed by atoms with Crippen LogP contribution in [-0.2, 0) is 6.54 Å². The maximum Gasteiger partial charge on any atom is 0.188 e. The third kappa shape index (κ3) is 4.57. The molecule has 0 aliphatic carbocycles. The van der Waals surface area contributed by atoms with E-state index in [-0.39, 0.29) is 24.0 Å². The molecule has 5 nitrogen and oxygen atoms in total. The van der Waals surface area contributed by atoms with E-state index in [4.69, 9.17) is 5.73 Å². The van der Waals surface area contributed by atoms with Gasteiger partial charge in [0, 0.05) is 24.2 Å². The Balaban J connectivity index is 0.00000208. The van der Waals surface area contributed by atoms with Crippen LogP contribution in [0, 0.1) is 0 Å². The lowest BCUT2D eigenvalue weighted by Gasteiger charge is -2.23. The van der Waals surface area contributed by atoms with Gasteiger partial charge in [0.15, 0.2) is 5.96 Å². The molecule has 3 N–H and O–H groups in total. The SMILES string of the molecule is CCN1CCCC1CNC(N)=NCc1ccnc2ccccc12.I.